The van der Waals surface area contributed by atoms with Gasteiger partial charge in [-0.25, -0.2) is 22.3 Å². The van der Waals surface area contributed by atoms with Gasteiger partial charge >= 0.3 is 6.03 Å². The highest BCUT2D eigenvalue weighted by atomic mass is 32.2. The van der Waals surface area contributed by atoms with Gasteiger partial charge in [0, 0.05) is 19.2 Å². The average Bonchev–Trinajstić information content (AvgIpc) is 2.57. The fourth-order valence-corrected chi connectivity index (χ4v) is 4.82. The third kappa shape index (κ3) is 4.81. The van der Waals surface area contributed by atoms with Gasteiger partial charge in [0.15, 0.2) is 5.37 Å². The van der Waals surface area contributed by atoms with Crippen LogP contribution in [0, 0.1) is 5.82 Å². The fraction of sp³-hybridized carbons (Fsp3) is 0.579. The van der Waals surface area contributed by atoms with Crippen LogP contribution in [0.1, 0.15) is 69.9 Å². The largest absolute Gasteiger partial charge is 0.332 e. The Morgan fingerprint density at radius 2 is 1.71 bits per heavy atom. The molecule has 1 heterocycles. The van der Waals surface area contributed by atoms with E-state index in [4.69, 9.17) is 0 Å². The Hall–Kier alpha value is -2.16. The molecule has 1 aromatic carbocycles. The van der Waals surface area contributed by atoms with Crippen LogP contribution < -0.4 is 10.0 Å². The lowest BCUT2D eigenvalue weighted by Gasteiger charge is -2.31. The molecule has 156 valence electrons. The molecule has 1 unspecified atom stereocenters. The lowest BCUT2D eigenvalue weighted by atomic mass is 9.92. The van der Waals surface area contributed by atoms with Gasteiger partial charge in [-0.05, 0) is 47.9 Å². The summed E-state index contributed by atoms with van der Waals surface area (Å²) in [4.78, 5) is 25.4. The van der Waals surface area contributed by atoms with Gasteiger partial charge in [0.1, 0.15) is 5.82 Å². The van der Waals surface area contributed by atoms with Crippen molar-refractivity contribution in [3.05, 3.63) is 29.1 Å². The van der Waals surface area contributed by atoms with Crippen LogP contribution in [-0.2, 0) is 14.8 Å². The van der Waals surface area contributed by atoms with Gasteiger partial charge in [0.05, 0.1) is 0 Å². The SMILES string of the molecule is CC(C)c1cc(F)cc(C(C)C)c1NC(=O)NS(=O)(=O)C1CCCC(=O)N1C. The topological polar surface area (TPSA) is 95.6 Å². The van der Waals surface area contributed by atoms with E-state index in [9.17, 15) is 22.4 Å². The maximum absolute atomic E-state index is 14.0. The standard InChI is InChI=1S/C19H28FN3O4S/c1-11(2)14-9-13(20)10-15(12(3)4)18(14)21-19(25)22-28(26,27)17-8-6-7-16(24)23(17)5/h9-12,17H,6-8H2,1-5H3,(H2,21,22,25). The van der Waals surface area contributed by atoms with Crippen LogP contribution in [0.2, 0.25) is 0 Å². The Morgan fingerprint density at radius 1 is 1.18 bits per heavy atom. The van der Waals surface area contributed by atoms with Crippen LogP contribution >= 0.6 is 0 Å². The molecule has 28 heavy (non-hydrogen) atoms. The van der Waals surface area contributed by atoms with Gasteiger partial charge in [0.2, 0.25) is 5.91 Å². The minimum atomic E-state index is -4.09. The molecule has 1 saturated heterocycles. The average molecular weight is 414 g/mol. The second-order valence-electron chi connectivity index (χ2n) is 7.72. The minimum absolute atomic E-state index is 0.0813. The first-order chi connectivity index (χ1) is 12.9. The number of nitrogens with zero attached hydrogens (tertiary/aromatic N) is 1. The van der Waals surface area contributed by atoms with E-state index in [0.29, 0.717) is 29.7 Å². The quantitative estimate of drug-likeness (QED) is 0.772. The summed E-state index contributed by atoms with van der Waals surface area (Å²) in [7, 11) is -2.68. The first kappa shape index (κ1) is 22.1. The zero-order valence-electron chi connectivity index (χ0n) is 16.9. The van der Waals surface area contributed by atoms with Crippen LogP contribution in [0.3, 0.4) is 0 Å². The van der Waals surface area contributed by atoms with Crippen molar-refractivity contribution in [1.82, 2.24) is 9.62 Å². The number of carbonyl (C=O) groups is 2. The van der Waals surface area contributed by atoms with E-state index >= 15 is 0 Å². The molecule has 0 spiro atoms. The number of hydrogen-bond donors (Lipinski definition) is 2. The molecule has 7 nitrogen and oxygen atoms in total. The monoisotopic (exact) mass is 413 g/mol. The summed E-state index contributed by atoms with van der Waals surface area (Å²) in [5.74, 6) is -0.845. The second-order valence-corrected chi connectivity index (χ2v) is 9.56. The molecular weight excluding hydrogens is 385 g/mol. The lowest BCUT2D eigenvalue weighted by Crippen LogP contribution is -2.51. The number of sulfonamides is 1. The Kier molecular flexibility index (Phi) is 6.69. The van der Waals surface area contributed by atoms with Crippen molar-refractivity contribution in [3.63, 3.8) is 0 Å². The summed E-state index contributed by atoms with van der Waals surface area (Å²) in [6, 6.07) is 1.75. The number of hydrogen-bond acceptors (Lipinski definition) is 4. The molecule has 2 rings (SSSR count). The van der Waals surface area contributed by atoms with Crippen LogP contribution in [0.5, 0.6) is 0 Å². The maximum Gasteiger partial charge on any atom is 0.332 e. The van der Waals surface area contributed by atoms with Crippen LogP contribution in [-0.4, -0.2) is 37.7 Å². The molecule has 2 N–H and O–H groups in total. The van der Waals surface area contributed by atoms with E-state index in [1.807, 2.05) is 32.4 Å². The van der Waals surface area contributed by atoms with E-state index in [1.54, 1.807) is 0 Å². The molecule has 0 bridgehead atoms. The number of urea groups is 1. The number of halogens is 1. The number of rotatable bonds is 5. The number of carbonyl (C=O) groups excluding carboxylic acids is 2. The molecule has 1 atom stereocenters. The highest BCUT2D eigenvalue weighted by molar-refractivity contribution is 7.90. The Morgan fingerprint density at radius 3 is 2.21 bits per heavy atom. The van der Waals surface area contributed by atoms with E-state index < -0.39 is 27.2 Å². The van der Waals surface area contributed by atoms with E-state index in [0.717, 1.165) is 4.90 Å². The predicted molar refractivity (Wildman–Crippen MR) is 106 cm³/mol. The molecule has 3 amide bonds. The van der Waals surface area contributed by atoms with Crippen molar-refractivity contribution in [2.45, 2.75) is 64.2 Å². The predicted octanol–water partition coefficient (Wildman–Crippen LogP) is 3.49. The molecule has 0 aliphatic carbocycles. The van der Waals surface area contributed by atoms with Crippen LogP contribution in [0.25, 0.3) is 0 Å². The molecule has 1 aliphatic rings. The van der Waals surface area contributed by atoms with Gasteiger partial charge in [-0.1, -0.05) is 27.7 Å². The fourth-order valence-electron chi connectivity index (χ4n) is 3.36. The zero-order valence-corrected chi connectivity index (χ0v) is 17.7. The summed E-state index contributed by atoms with van der Waals surface area (Å²) >= 11 is 0. The van der Waals surface area contributed by atoms with Gasteiger partial charge in [-0.15, -0.1) is 0 Å². The zero-order chi connectivity index (χ0) is 21.2. The molecular formula is C19H28FN3O4S. The normalized spacial score (nSPS) is 17.9. The Bertz CT molecular complexity index is 839. The maximum atomic E-state index is 14.0. The highest BCUT2D eigenvalue weighted by Crippen LogP contribution is 2.33. The van der Waals surface area contributed by atoms with Crippen molar-refractivity contribution < 1.29 is 22.4 Å². The van der Waals surface area contributed by atoms with E-state index in [-0.39, 0.29) is 24.2 Å². The molecule has 1 aliphatic heterocycles. The van der Waals surface area contributed by atoms with Gasteiger partial charge in [0.25, 0.3) is 10.0 Å². The summed E-state index contributed by atoms with van der Waals surface area (Å²) in [6.07, 6.45) is 0.999. The number of nitrogens with one attached hydrogen (secondary N) is 2. The van der Waals surface area contributed by atoms with Gasteiger partial charge < -0.3 is 10.2 Å². The molecule has 9 heteroatoms. The van der Waals surface area contributed by atoms with Gasteiger partial charge in [-0.3, -0.25) is 4.79 Å². The van der Waals surface area contributed by atoms with Crippen LogP contribution in [0.4, 0.5) is 14.9 Å². The van der Waals surface area contributed by atoms with Crippen molar-refractivity contribution in [2.24, 2.45) is 0 Å². The van der Waals surface area contributed by atoms with Crippen molar-refractivity contribution in [1.29, 1.82) is 0 Å². The van der Waals surface area contributed by atoms with Crippen molar-refractivity contribution >= 4 is 27.6 Å². The molecule has 1 fully saturated rings. The first-order valence-corrected chi connectivity index (χ1v) is 10.9. The third-order valence-corrected chi connectivity index (χ3v) is 6.65. The van der Waals surface area contributed by atoms with E-state index in [2.05, 4.69) is 5.32 Å². The molecule has 0 aromatic heterocycles. The van der Waals surface area contributed by atoms with Crippen LogP contribution in [0.15, 0.2) is 12.1 Å². The summed E-state index contributed by atoms with van der Waals surface area (Å²) in [6.45, 7) is 7.45. The minimum Gasteiger partial charge on any atom is -0.327 e. The second kappa shape index (κ2) is 8.46. The van der Waals surface area contributed by atoms with Gasteiger partial charge in [-0.2, -0.15) is 0 Å². The number of amides is 3. The summed E-state index contributed by atoms with van der Waals surface area (Å²) < 4.78 is 41.2. The number of piperidine rings is 1. The number of benzene rings is 1. The van der Waals surface area contributed by atoms with Crippen molar-refractivity contribution in [2.75, 3.05) is 12.4 Å². The molecule has 1 aromatic rings. The van der Waals surface area contributed by atoms with Crippen molar-refractivity contribution in [3.8, 4) is 0 Å². The van der Waals surface area contributed by atoms with E-state index in [1.165, 1.54) is 19.2 Å². The Labute approximate surface area is 165 Å². The number of likely N-dealkylation sites (tertiary alicyclic amines) is 1. The Balaban J connectivity index is 2.29. The molecule has 0 radical (unpaired) electrons. The smallest absolute Gasteiger partial charge is 0.327 e. The first-order valence-electron chi connectivity index (χ1n) is 9.35. The summed E-state index contributed by atoms with van der Waals surface area (Å²) in [5, 5.41) is 1.50. The number of anilines is 1. The molecule has 0 saturated carbocycles. The lowest BCUT2D eigenvalue weighted by molar-refractivity contribution is -0.132. The third-order valence-electron chi connectivity index (χ3n) is 4.91. The summed E-state index contributed by atoms with van der Waals surface area (Å²) in [5.41, 5.74) is 1.58. The highest BCUT2D eigenvalue weighted by Gasteiger charge is 2.36.